The van der Waals surface area contributed by atoms with Crippen LogP contribution in [0.25, 0.3) is 0 Å². The Morgan fingerprint density at radius 1 is 1.43 bits per heavy atom. The number of fused-ring (bicyclic) bond motifs is 1. The quantitative estimate of drug-likeness (QED) is 0.686. The van der Waals surface area contributed by atoms with Gasteiger partial charge in [-0.05, 0) is 43.4 Å². The Bertz CT molecular complexity index is 720. The normalized spacial score (nSPS) is 13.9. The molecule has 2 aromatic heterocycles. The molecule has 4 nitrogen and oxygen atoms in total. The van der Waals surface area contributed by atoms with Crippen molar-refractivity contribution in [3.63, 3.8) is 0 Å². The van der Waals surface area contributed by atoms with Gasteiger partial charge in [-0.25, -0.2) is 0 Å². The largest absolute Gasteiger partial charge is 0.461 e. The first-order valence-electron chi connectivity index (χ1n) is 6.85. The molecule has 0 saturated carbocycles. The number of hydrogen-bond donors (Lipinski definition) is 1. The van der Waals surface area contributed by atoms with Crippen LogP contribution in [0.2, 0.25) is 0 Å². The van der Waals surface area contributed by atoms with Gasteiger partial charge in [0, 0.05) is 17.2 Å². The van der Waals surface area contributed by atoms with Gasteiger partial charge >= 0.3 is 0 Å². The third-order valence-corrected chi connectivity index (χ3v) is 4.72. The van der Waals surface area contributed by atoms with Gasteiger partial charge in [0.15, 0.2) is 5.76 Å². The van der Waals surface area contributed by atoms with Crippen molar-refractivity contribution < 1.29 is 9.21 Å². The summed E-state index contributed by atoms with van der Waals surface area (Å²) < 4.78 is 5.03. The lowest BCUT2D eigenvalue weighted by molar-refractivity contribution is 0.102. The highest BCUT2D eigenvalue weighted by Gasteiger charge is 2.20. The van der Waals surface area contributed by atoms with Gasteiger partial charge in [-0.2, -0.15) is 5.26 Å². The average Bonchev–Trinajstić information content (AvgIpc) is 3.14. The summed E-state index contributed by atoms with van der Waals surface area (Å²) in [6.45, 7) is 0. The Kier molecular flexibility index (Phi) is 3.89. The predicted molar refractivity (Wildman–Crippen MR) is 81.5 cm³/mol. The maximum absolute atomic E-state index is 11.8. The number of carbonyl (C=O) groups excluding carboxylic acids is 1. The van der Waals surface area contributed by atoms with E-state index in [9.17, 15) is 10.1 Å². The minimum absolute atomic E-state index is 0.202. The van der Waals surface area contributed by atoms with Crippen molar-refractivity contribution in [3.8, 4) is 6.07 Å². The minimum Gasteiger partial charge on any atom is -0.461 e. The summed E-state index contributed by atoms with van der Waals surface area (Å²) in [4.78, 5) is 13.1. The van der Waals surface area contributed by atoms with Gasteiger partial charge in [0.05, 0.1) is 11.8 Å². The van der Waals surface area contributed by atoms with Crippen molar-refractivity contribution in [1.82, 2.24) is 0 Å². The molecule has 106 valence electrons. The molecular formula is C16H14N2O2S. The fourth-order valence-corrected chi connectivity index (χ4v) is 3.70. The van der Waals surface area contributed by atoms with Crippen molar-refractivity contribution in [3.05, 3.63) is 52.4 Å². The summed E-state index contributed by atoms with van der Waals surface area (Å²) in [7, 11) is 0. The number of hydrogen-bond acceptors (Lipinski definition) is 5. The molecule has 0 aromatic carbocycles. The molecule has 1 aliphatic carbocycles. The predicted octanol–water partition coefficient (Wildman–Crippen LogP) is 3.90. The SMILES string of the molecule is N#Cc1c(NC=CC(=O)c2ccco2)sc2c1CCCC2. The second-order valence-electron chi connectivity index (χ2n) is 4.85. The molecule has 2 aromatic rings. The summed E-state index contributed by atoms with van der Waals surface area (Å²) in [6.07, 6.45) is 8.81. The van der Waals surface area contributed by atoms with Gasteiger partial charge in [-0.1, -0.05) is 0 Å². The minimum atomic E-state index is -0.202. The van der Waals surface area contributed by atoms with Crippen molar-refractivity contribution in [1.29, 1.82) is 5.26 Å². The molecule has 0 bridgehead atoms. The van der Waals surface area contributed by atoms with Crippen molar-refractivity contribution in [2.75, 3.05) is 5.32 Å². The van der Waals surface area contributed by atoms with Gasteiger partial charge in [-0.3, -0.25) is 4.79 Å². The number of rotatable bonds is 4. The number of thiophene rings is 1. The molecule has 2 heterocycles. The third kappa shape index (κ3) is 2.76. The van der Waals surface area contributed by atoms with Crippen molar-refractivity contribution in [2.24, 2.45) is 0 Å². The van der Waals surface area contributed by atoms with Crippen LogP contribution in [-0.4, -0.2) is 5.78 Å². The second kappa shape index (κ2) is 5.98. The molecular weight excluding hydrogens is 284 g/mol. The van der Waals surface area contributed by atoms with E-state index < -0.39 is 0 Å². The maximum atomic E-state index is 11.8. The molecule has 0 saturated heterocycles. The molecule has 0 fully saturated rings. The van der Waals surface area contributed by atoms with Crippen LogP contribution in [0.15, 0.2) is 35.1 Å². The van der Waals surface area contributed by atoms with Gasteiger partial charge < -0.3 is 9.73 Å². The van der Waals surface area contributed by atoms with E-state index in [4.69, 9.17) is 4.42 Å². The first-order chi connectivity index (χ1) is 10.3. The molecule has 0 radical (unpaired) electrons. The zero-order valence-corrected chi connectivity index (χ0v) is 12.2. The maximum Gasteiger partial charge on any atom is 0.222 e. The van der Waals surface area contributed by atoms with Gasteiger partial charge in [0.25, 0.3) is 0 Å². The molecule has 0 amide bonds. The number of aryl methyl sites for hydroxylation is 1. The smallest absolute Gasteiger partial charge is 0.222 e. The average molecular weight is 298 g/mol. The van der Waals surface area contributed by atoms with Gasteiger partial charge in [-0.15, -0.1) is 11.3 Å². The van der Waals surface area contributed by atoms with Crippen LogP contribution in [0, 0.1) is 11.3 Å². The lowest BCUT2D eigenvalue weighted by atomic mass is 9.96. The number of allylic oxidation sites excluding steroid dienone is 1. The van der Waals surface area contributed by atoms with E-state index in [2.05, 4.69) is 11.4 Å². The lowest BCUT2D eigenvalue weighted by Gasteiger charge is -2.09. The van der Waals surface area contributed by atoms with Gasteiger partial charge in [0.1, 0.15) is 11.1 Å². The van der Waals surface area contributed by atoms with E-state index in [-0.39, 0.29) is 5.78 Å². The highest BCUT2D eigenvalue weighted by Crippen LogP contribution is 2.37. The fraction of sp³-hybridized carbons (Fsp3) is 0.250. The highest BCUT2D eigenvalue weighted by molar-refractivity contribution is 7.16. The van der Waals surface area contributed by atoms with E-state index in [1.165, 1.54) is 29.2 Å². The monoisotopic (exact) mass is 298 g/mol. The first kappa shape index (κ1) is 13.7. The van der Waals surface area contributed by atoms with E-state index >= 15 is 0 Å². The molecule has 1 aliphatic rings. The van der Waals surface area contributed by atoms with Crippen LogP contribution in [0.5, 0.6) is 0 Å². The summed E-state index contributed by atoms with van der Waals surface area (Å²) in [5, 5.41) is 13.2. The Labute approximate surface area is 126 Å². The van der Waals surface area contributed by atoms with Gasteiger partial charge in [0.2, 0.25) is 5.78 Å². The first-order valence-corrected chi connectivity index (χ1v) is 7.67. The molecule has 0 atom stereocenters. The Morgan fingerprint density at radius 3 is 3.05 bits per heavy atom. The second-order valence-corrected chi connectivity index (χ2v) is 5.95. The van der Waals surface area contributed by atoms with E-state index in [1.54, 1.807) is 29.7 Å². The van der Waals surface area contributed by atoms with E-state index in [0.717, 1.165) is 29.8 Å². The molecule has 0 unspecified atom stereocenters. The molecule has 21 heavy (non-hydrogen) atoms. The summed E-state index contributed by atoms with van der Waals surface area (Å²) in [6, 6.07) is 5.58. The zero-order valence-electron chi connectivity index (χ0n) is 11.4. The topological polar surface area (TPSA) is 66.0 Å². The summed E-state index contributed by atoms with van der Waals surface area (Å²) in [5.74, 6) is 0.103. The number of carbonyl (C=O) groups is 1. The number of furan rings is 1. The molecule has 5 heteroatoms. The highest BCUT2D eigenvalue weighted by atomic mass is 32.1. The Balaban J connectivity index is 1.75. The van der Waals surface area contributed by atoms with Crippen molar-refractivity contribution >= 4 is 22.1 Å². The standard InChI is InChI=1S/C16H14N2O2S/c17-10-12-11-4-1-2-6-15(11)21-16(12)18-8-7-13(19)14-5-3-9-20-14/h3,5,7-9,18H,1-2,4,6H2. The third-order valence-electron chi connectivity index (χ3n) is 3.50. The van der Waals surface area contributed by atoms with Crippen molar-refractivity contribution in [2.45, 2.75) is 25.7 Å². The van der Waals surface area contributed by atoms with E-state index in [0.29, 0.717) is 5.76 Å². The summed E-state index contributed by atoms with van der Waals surface area (Å²) >= 11 is 1.62. The molecule has 0 aliphatic heterocycles. The van der Waals surface area contributed by atoms with E-state index in [1.807, 2.05) is 0 Å². The van der Waals surface area contributed by atoms with Crippen LogP contribution in [-0.2, 0) is 12.8 Å². The lowest BCUT2D eigenvalue weighted by Crippen LogP contribution is -2.00. The Morgan fingerprint density at radius 2 is 2.29 bits per heavy atom. The van der Waals surface area contributed by atoms with Crippen LogP contribution in [0.1, 0.15) is 39.4 Å². The molecule has 1 N–H and O–H groups in total. The number of anilines is 1. The molecule has 3 rings (SSSR count). The Hall–Kier alpha value is -2.32. The fourth-order valence-electron chi connectivity index (χ4n) is 2.48. The number of ketones is 1. The zero-order chi connectivity index (χ0) is 14.7. The number of nitrogens with one attached hydrogen (secondary N) is 1. The number of nitrogens with zero attached hydrogens (tertiary/aromatic N) is 1. The number of nitriles is 1. The van der Waals surface area contributed by atoms with Crippen LogP contribution < -0.4 is 5.32 Å². The molecule has 0 spiro atoms. The van der Waals surface area contributed by atoms with Crippen LogP contribution in [0.4, 0.5) is 5.00 Å². The van der Waals surface area contributed by atoms with Crippen LogP contribution >= 0.6 is 11.3 Å². The summed E-state index contributed by atoms with van der Waals surface area (Å²) in [5.41, 5.74) is 1.91. The van der Waals surface area contributed by atoms with Crippen LogP contribution in [0.3, 0.4) is 0 Å².